The molecule has 0 spiro atoms. The minimum absolute atomic E-state index is 0.151. The van der Waals surface area contributed by atoms with Gasteiger partial charge < -0.3 is 19.1 Å². The number of thiazole rings is 1. The second kappa shape index (κ2) is 9.75. The van der Waals surface area contributed by atoms with Crippen molar-refractivity contribution in [3.05, 3.63) is 42.0 Å². The predicted octanol–water partition coefficient (Wildman–Crippen LogP) is 4.13. The lowest BCUT2D eigenvalue weighted by molar-refractivity contribution is -0.127. The Balaban J connectivity index is 1.67. The van der Waals surface area contributed by atoms with Crippen LogP contribution in [0.15, 0.2) is 36.4 Å². The van der Waals surface area contributed by atoms with Crippen LogP contribution < -0.4 is 19.1 Å². The maximum Gasteiger partial charge on any atom is 0.273 e. The number of nitrogens with zero attached hydrogens (tertiary/aromatic N) is 3. The summed E-state index contributed by atoms with van der Waals surface area (Å²) >= 11 is 1.51. The van der Waals surface area contributed by atoms with Crippen molar-refractivity contribution in [1.82, 2.24) is 9.88 Å². The molecule has 0 bridgehead atoms. The summed E-state index contributed by atoms with van der Waals surface area (Å²) in [6.45, 7) is 9.56. The molecule has 1 atom stereocenters. The quantitative estimate of drug-likeness (QED) is 0.509. The van der Waals surface area contributed by atoms with Gasteiger partial charge in [-0.2, -0.15) is 0 Å². The smallest absolute Gasteiger partial charge is 0.273 e. The SMILES string of the molecule is CCN(CC)CCN(C(=O)[C@@H]1COc2ccccc2O1)c1nc2c(OC)ccc(C)c2s1. The van der Waals surface area contributed by atoms with E-state index in [0.717, 1.165) is 35.4 Å². The third kappa shape index (κ3) is 4.38. The van der Waals surface area contributed by atoms with Crippen molar-refractivity contribution in [3.8, 4) is 17.2 Å². The van der Waals surface area contributed by atoms with Crippen LogP contribution >= 0.6 is 11.3 Å². The van der Waals surface area contributed by atoms with E-state index in [4.69, 9.17) is 19.2 Å². The molecule has 2 aromatic carbocycles. The number of fused-ring (bicyclic) bond motifs is 2. The number of carbonyl (C=O) groups excluding carboxylic acids is 1. The Morgan fingerprint density at radius 3 is 2.62 bits per heavy atom. The Morgan fingerprint density at radius 1 is 1.16 bits per heavy atom. The molecule has 4 rings (SSSR count). The Hall–Kier alpha value is -2.84. The molecule has 0 fully saturated rings. The van der Waals surface area contributed by atoms with E-state index in [9.17, 15) is 4.79 Å². The minimum Gasteiger partial charge on any atom is -0.494 e. The number of hydrogen-bond donors (Lipinski definition) is 0. The van der Waals surface area contributed by atoms with E-state index in [0.29, 0.717) is 28.9 Å². The summed E-state index contributed by atoms with van der Waals surface area (Å²) in [5.74, 6) is 1.80. The van der Waals surface area contributed by atoms with Gasteiger partial charge in [0, 0.05) is 13.1 Å². The molecule has 0 unspecified atom stereocenters. The molecule has 0 N–H and O–H groups in total. The molecule has 2 heterocycles. The highest BCUT2D eigenvalue weighted by Gasteiger charge is 2.33. The minimum atomic E-state index is -0.725. The van der Waals surface area contributed by atoms with Crippen LogP contribution in [0, 0.1) is 6.92 Å². The largest absolute Gasteiger partial charge is 0.494 e. The van der Waals surface area contributed by atoms with Gasteiger partial charge in [0.1, 0.15) is 17.9 Å². The van der Waals surface area contributed by atoms with Gasteiger partial charge in [-0.25, -0.2) is 4.98 Å². The molecule has 1 aromatic heterocycles. The highest BCUT2D eigenvalue weighted by atomic mass is 32.1. The number of likely N-dealkylation sites (N-methyl/N-ethyl adjacent to an activating group) is 1. The van der Waals surface area contributed by atoms with Gasteiger partial charge in [0.05, 0.1) is 11.8 Å². The molecule has 7 nitrogen and oxygen atoms in total. The number of para-hydroxylation sites is 2. The topological polar surface area (TPSA) is 64.1 Å². The first-order valence-electron chi connectivity index (χ1n) is 10.9. The van der Waals surface area contributed by atoms with Gasteiger partial charge in [0.2, 0.25) is 6.10 Å². The zero-order valence-electron chi connectivity index (χ0n) is 19.0. The van der Waals surface area contributed by atoms with Gasteiger partial charge in [-0.05, 0) is 43.8 Å². The van der Waals surface area contributed by atoms with Crippen molar-refractivity contribution in [2.45, 2.75) is 26.9 Å². The van der Waals surface area contributed by atoms with Crippen LogP contribution in [0.2, 0.25) is 0 Å². The summed E-state index contributed by atoms with van der Waals surface area (Å²) in [7, 11) is 1.64. The van der Waals surface area contributed by atoms with Crippen molar-refractivity contribution in [2.75, 3.05) is 44.8 Å². The average molecular weight is 456 g/mol. The predicted molar refractivity (Wildman–Crippen MR) is 127 cm³/mol. The van der Waals surface area contributed by atoms with E-state index < -0.39 is 6.10 Å². The van der Waals surface area contributed by atoms with Crippen LogP contribution in [0.3, 0.4) is 0 Å². The number of ether oxygens (including phenoxy) is 3. The van der Waals surface area contributed by atoms with E-state index in [-0.39, 0.29) is 12.5 Å². The Bertz CT molecular complexity index is 1100. The number of aromatic nitrogens is 1. The molecule has 0 saturated carbocycles. The van der Waals surface area contributed by atoms with E-state index in [1.807, 2.05) is 43.3 Å². The first kappa shape index (κ1) is 22.4. The van der Waals surface area contributed by atoms with Crippen molar-refractivity contribution < 1.29 is 19.0 Å². The average Bonchev–Trinajstić information content (AvgIpc) is 3.27. The molecule has 0 aliphatic carbocycles. The first-order valence-corrected chi connectivity index (χ1v) is 11.7. The van der Waals surface area contributed by atoms with Crippen molar-refractivity contribution in [2.24, 2.45) is 0 Å². The number of rotatable bonds is 8. The summed E-state index contributed by atoms with van der Waals surface area (Å²) in [5, 5.41) is 0.646. The molecular formula is C24H29N3O4S. The molecule has 32 heavy (non-hydrogen) atoms. The number of carbonyl (C=O) groups is 1. The third-order valence-corrected chi connectivity index (χ3v) is 6.94. The molecule has 1 aliphatic rings. The van der Waals surface area contributed by atoms with Crippen LogP contribution in [-0.4, -0.2) is 61.8 Å². The van der Waals surface area contributed by atoms with Crippen molar-refractivity contribution in [3.63, 3.8) is 0 Å². The van der Waals surface area contributed by atoms with Gasteiger partial charge in [0.25, 0.3) is 5.91 Å². The molecule has 1 amide bonds. The number of anilines is 1. The molecule has 3 aromatic rings. The zero-order valence-corrected chi connectivity index (χ0v) is 19.8. The maximum absolute atomic E-state index is 13.7. The summed E-state index contributed by atoms with van der Waals surface area (Å²) < 4.78 is 18.4. The van der Waals surface area contributed by atoms with Crippen LogP contribution in [0.1, 0.15) is 19.4 Å². The van der Waals surface area contributed by atoms with Gasteiger partial charge in [-0.1, -0.05) is 43.4 Å². The highest BCUT2D eigenvalue weighted by molar-refractivity contribution is 7.22. The summed E-state index contributed by atoms with van der Waals surface area (Å²) in [6, 6.07) is 11.4. The monoisotopic (exact) mass is 455 g/mol. The lowest BCUT2D eigenvalue weighted by Crippen LogP contribution is -2.48. The summed E-state index contributed by atoms with van der Waals surface area (Å²) in [5.41, 5.74) is 1.88. The first-order chi connectivity index (χ1) is 15.5. The van der Waals surface area contributed by atoms with E-state index in [1.54, 1.807) is 12.0 Å². The number of hydrogen-bond acceptors (Lipinski definition) is 7. The standard InChI is InChI=1S/C24H29N3O4S/c1-5-26(6-2)13-14-27(23(28)20-15-30-17-9-7-8-10-18(17)31-20)24-25-21-19(29-4)12-11-16(3)22(21)32-24/h7-12,20H,5-6,13-15H2,1-4H3/t20-/m0/s1. The number of benzene rings is 2. The molecule has 8 heteroatoms. The molecule has 0 saturated heterocycles. The van der Waals surface area contributed by atoms with Gasteiger partial charge in [-0.15, -0.1) is 0 Å². The van der Waals surface area contributed by atoms with Gasteiger partial charge in [-0.3, -0.25) is 9.69 Å². The van der Waals surface area contributed by atoms with Crippen LogP contribution in [-0.2, 0) is 4.79 Å². The number of methoxy groups -OCH3 is 1. The molecular weight excluding hydrogens is 426 g/mol. The lowest BCUT2D eigenvalue weighted by Gasteiger charge is -2.30. The highest BCUT2D eigenvalue weighted by Crippen LogP contribution is 2.37. The zero-order chi connectivity index (χ0) is 22.7. The Morgan fingerprint density at radius 2 is 1.91 bits per heavy atom. The van der Waals surface area contributed by atoms with Crippen molar-refractivity contribution >= 4 is 32.6 Å². The maximum atomic E-state index is 13.7. The Kier molecular flexibility index (Phi) is 6.81. The van der Waals surface area contributed by atoms with E-state index in [1.165, 1.54) is 11.3 Å². The molecule has 170 valence electrons. The third-order valence-electron chi connectivity index (χ3n) is 5.73. The van der Waals surface area contributed by atoms with E-state index in [2.05, 4.69) is 18.7 Å². The fraction of sp³-hybridized carbons (Fsp3) is 0.417. The fourth-order valence-electron chi connectivity index (χ4n) is 3.77. The second-order valence-corrected chi connectivity index (χ2v) is 8.62. The molecule has 1 aliphatic heterocycles. The Labute approximate surface area is 192 Å². The van der Waals surface area contributed by atoms with Gasteiger partial charge in [0.15, 0.2) is 16.6 Å². The number of amides is 1. The van der Waals surface area contributed by atoms with Gasteiger partial charge >= 0.3 is 0 Å². The fourth-order valence-corrected chi connectivity index (χ4v) is 4.86. The lowest BCUT2D eigenvalue weighted by atomic mass is 10.2. The summed E-state index contributed by atoms with van der Waals surface area (Å²) in [4.78, 5) is 22.5. The second-order valence-electron chi connectivity index (χ2n) is 7.64. The number of aryl methyl sites for hydroxylation is 1. The van der Waals surface area contributed by atoms with E-state index >= 15 is 0 Å². The van der Waals surface area contributed by atoms with Crippen LogP contribution in [0.5, 0.6) is 17.2 Å². The van der Waals surface area contributed by atoms with Crippen LogP contribution in [0.4, 0.5) is 5.13 Å². The molecule has 0 radical (unpaired) electrons. The normalized spacial score (nSPS) is 15.2. The summed E-state index contributed by atoms with van der Waals surface area (Å²) in [6.07, 6.45) is -0.725. The van der Waals surface area contributed by atoms with Crippen LogP contribution in [0.25, 0.3) is 10.2 Å². The van der Waals surface area contributed by atoms with Crippen molar-refractivity contribution in [1.29, 1.82) is 0 Å².